The van der Waals surface area contributed by atoms with Crippen LogP contribution in [0.4, 0.5) is 4.39 Å². The van der Waals surface area contributed by atoms with Gasteiger partial charge in [-0.05, 0) is 74.6 Å². The van der Waals surface area contributed by atoms with Gasteiger partial charge in [0.1, 0.15) is 5.82 Å². The fourth-order valence-electron chi connectivity index (χ4n) is 5.34. The van der Waals surface area contributed by atoms with E-state index in [0.717, 1.165) is 54.7 Å². The van der Waals surface area contributed by atoms with Gasteiger partial charge in [-0.1, -0.05) is 29.8 Å². The zero-order valence-electron chi connectivity index (χ0n) is 20.3. The van der Waals surface area contributed by atoms with Crippen molar-refractivity contribution in [3.63, 3.8) is 0 Å². The molecule has 1 saturated heterocycles. The number of likely N-dealkylation sites (tertiary alicyclic amines) is 1. The number of halogens is 1. The molecule has 1 saturated carbocycles. The summed E-state index contributed by atoms with van der Waals surface area (Å²) >= 11 is 0. The number of benzene rings is 2. The molecule has 7 heteroatoms. The molecule has 2 fully saturated rings. The second kappa shape index (κ2) is 8.97. The molecule has 0 bridgehead atoms. The molecule has 0 radical (unpaired) electrons. The monoisotopic (exact) mass is 481 g/mol. The molecule has 2 aromatic heterocycles. The van der Waals surface area contributed by atoms with Crippen LogP contribution in [0.5, 0.6) is 0 Å². The van der Waals surface area contributed by atoms with Gasteiger partial charge in [0, 0.05) is 37.0 Å². The lowest BCUT2D eigenvalue weighted by molar-refractivity contribution is -0.135. The predicted molar refractivity (Wildman–Crippen MR) is 135 cm³/mol. The van der Waals surface area contributed by atoms with Crippen molar-refractivity contribution in [3.05, 3.63) is 95.7 Å². The number of hydrogen-bond donors (Lipinski definition) is 0. The van der Waals surface area contributed by atoms with Gasteiger partial charge >= 0.3 is 0 Å². The molecule has 4 aromatic rings. The summed E-state index contributed by atoms with van der Waals surface area (Å²) in [6, 6.07) is 18.6. The Morgan fingerprint density at radius 2 is 1.75 bits per heavy atom. The van der Waals surface area contributed by atoms with Crippen LogP contribution in [0.1, 0.15) is 48.4 Å². The molecule has 1 amide bonds. The third-order valence-electron chi connectivity index (χ3n) is 7.51. The number of nitrogens with zero attached hydrogens (tertiary/aromatic N) is 5. The van der Waals surface area contributed by atoms with Crippen LogP contribution in [-0.4, -0.2) is 43.6 Å². The van der Waals surface area contributed by atoms with E-state index in [9.17, 15) is 9.18 Å². The molecule has 6 nitrogen and oxygen atoms in total. The minimum atomic E-state index is -0.377. The highest BCUT2D eigenvalue weighted by Crippen LogP contribution is 2.50. The highest BCUT2D eigenvalue weighted by molar-refractivity contribution is 5.91. The van der Waals surface area contributed by atoms with E-state index in [1.165, 1.54) is 17.7 Å². The third-order valence-corrected chi connectivity index (χ3v) is 7.51. The standard InChI is InChI=1S/C29H28FN5O/c1-20-5-9-23(10-6-20)29(13-14-29)27(36)34-17-2-4-22(19-34)26-18-25(21-7-11-24(30)12-8-21)33-35(26)28-31-15-3-16-32-28/h3,5-12,15-16,18,22H,2,4,13-14,17,19H2,1H3. The number of carbonyl (C=O) groups is 1. The van der Waals surface area contributed by atoms with Gasteiger partial charge in [0.15, 0.2) is 0 Å². The number of aromatic nitrogens is 4. The van der Waals surface area contributed by atoms with E-state index in [1.54, 1.807) is 35.3 Å². The van der Waals surface area contributed by atoms with Crippen LogP contribution >= 0.6 is 0 Å². The van der Waals surface area contributed by atoms with Crippen molar-refractivity contribution < 1.29 is 9.18 Å². The molecule has 0 spiro atoms. The normalized spacial score (nSPS) is 18.7. The van der Waals surface area contributed by atoms with Crippen molar-refractivity contribution in [2.24, 2.45) is 0 Å². The van der Waals surface area contributed by atoms with Gasteiger partial charge in [0.25, 0.3) is 5.95 Å². The van der Waals surface area contributed by atoms with E-state index in [0.29, 0.717) is 12.5 Å². The van der Waals surface area contributed by atoms with Gasteiger partial charge in [-0.2, -0.15) is 5.10 Å². The second-order valence-corrected chi connectivity index (χ2v) is 9.96. The maximum absolute atomic E-state index is 13.8. The van der Waals surface area contributed by atoms with Gasteiger partial charge < -0.3 is 4.90 Å². The van der Waals surface area contributed by atoms with Crippen LogP contribution in [0.3, 0.4) is 0 Å². The Hall–Kier alpha value is -3.87. The van der Waals surface area contributed by atoms with Crippen LogP contribution < -0.4 is 0 Å². The van der Waals surface area contributed by atoms with Crippen LogP contribution in [0.2, 0.25) is 0 Å². The molecule has 2 aliphatic rings. The molecule has 6 rings (SSSR count). The Bertz CT molecular complexity index is 1380. The number of piperidine rings is 1. The van der Waals surface area contributed by atoms with Crippen molar-refractivity contribution in [1.82, 2.24) is 24.6 Å². The van der Waals surface area contributed by atoms with Gasteiger partial charge in [-0.3, -0.25) is 4.79 Å². The first kappa shape index (κ1) is 22.6. The largest absolute Gasteiger partial charge is 0.341 e. The quantitative estimate of drug-likeness (QED) is 0.392. The zero-order chi connectivity index (χ0) is 24.7. The summed E-state index contributed by atoms with van der Waals surface area (Å²) in [6.07, 6.45) is 7.07. The topological polar surface area (TPSA) is 63.9 Å². The van der Waals surface area contributed by atoms with Gasteiger partial charge in [0.05, 0.1) is 16.8 Å². The summed E-state index contributed by atoms with van der Waals surface area (Å²) in [5, 5.41) is 4.81. The number of carbonyl (C=O) groups excluding carboxylic acids is 1. The lowest BCUT2D eigenvalue weighted by Gasteiger charge is -2.35. The van der Waals surface area contributed by atoms with Crippen molar-refractivity contribution in [3.8, 4) is 17.2 Å². The molecule has 1 aliphatic carbocycles. The molecule has 1 unspecified atom stereocenters. The molecular weight excluding hydrogens is 453 g/mol. The predicted octanol–water partition coefficient (Wildman–Crippen LogP) is 5.21. The van der Waals surface area contributed by atoms with E-state index in [2.05, 4.69) is 41.2 Å². The number of hydrogen-bond acceptors (Lipinski definition) is 4. The van der Waals surface area contributed by atoms with Crippen molar-refractivity contribution in [2.75, 3.05) is 13.1 Å². The molecule has 1 aliphatic heterocycles. The van der Waals surface area contributed by atoms with Crippen molar-refractivity contribution in [2.45, 2.75) is 43.9 Å². The fraction of sp³-hybridized carbons (Fsp3) is 0.310. The molecule has 182 valence electrons. The zero-order valence-corrected chi connectivity index (χ0v) is 20.3. The lowest BCUT2D eigenvalue weighted by Crippen LogP contribution is -2.44. The number of amides is 1. The summed E-state index contributed by atoms with van der Waals surface area (Å²) in [5.74, 6) is 0.537. The van der Waals surface area contributed by atoms with Gasteiger partial charge in [-0.15, -0.1) is 0 Å². The Morgan fingerprint density at radius 3 is 2.44 bits per heavy atom. The summed E-state index contributed by atoms with van der Waals surface area (Å²) in [6.45, 7) is 3.47. The molecule has 2 aromatic carbocycles. The van der Waals surface area contributed by atoms with E-state index < -0.39 is 0 Å². The summed E-state index contributed by atoms with van der Waals surface area (Å²) in [5.41, 5.74) is 4.48. The Morgan fingerprint density at radius 1 is 1.03 bits per heavy atom. The highest BCUT2D eigenvalue weighted by atomic mass is 19.1. The maximum Gasteiger partial charge on any atom is 0.250 e. The SMILES string of the molecule is Cc1ccc(C2(C(=O)N3CCCC(c4cc(-c5ccc(F)cc5)nn4-c4ncccn4)C3)CC2)cc1. The first-order valence-electron chi connectivity index (χ1n) is 12.5. The van der Waals surface area contributed by atoms with E-state index in [-0.39, 0.29) is 23.1 Å². The third kappa shape index (κ3) is 4.08. The number of aryl methyl sites for hydroxylation is 1. The van der Waals surface area contributed by atoms with Crippen LogP contribution in [0.25, 0.3) is 17.2 Å². The van der Waals surface area contributed by atoms with Crippen LogP contribution in [0.15, 0.2) is 73.1 Å². The Balaban J connectivity index is 1.32. The number of rotatable bonds is 5. The molecular formula is C29H28FN5O. The Kier molecular flexibility index (Phi) is 5.63. The first-order valence-corrected chi connectivity index (χ1v) is 12.5. The Labute approximate surface area is 209 Å². The minimum Gasteiger partial charge on any atom is -0.341 e. The maximum atomic E-state index is 13.8. The van der Waals surface area contributed by atoms with Gasteiger partial charge in [0.2, 0.25) is 5.91 Å². The van der Waals surface area contributed by atoms with E-state index in [4.69, 9.17) is 5.10 Å². The fourth-order valence-corrected chi connectivity index (χ4v) is 5.34. The minimum absolute atomic E-state index is 0.0991. The van der Waals surface area contributed by atoms with E-state index in [1.807, 2.05) is 11.0 Å². The summed E-state index contributed by atoms with van der Waals surface area (Å²) in [4.78, 5) is 24.7. The smallest absolute Gasteiger partial charge is 0.250 e. The summed E-state index contributed by atoms with van der Waals surface area (Å²) < 4.78 is 15.3. The highest BCUT2D eigenvalue weighted by Gasteiger charge is 2.53. The molecule has 1 atom stereocenters. The molecule has 36 heavy (non-hydrogen) atoms. The average Bonchev–Trinajstić information content (AvgIpc) is 3.61. The van der Waals surface area contributed by atoms with E-state index >= 15 is 0 Å². The van der Waals surface area contributed by atoms with Crippen molar-refractivity contribution in [1.29, 1.82) is 0 Å². The van der Waals surface area contributed by atoms with Crippen LogP contribution in [-0.2, 0) is 10.2 Å². The summed E-state index contributed by atoms with van der Waals surface area (Å²) in [7, 11) is 0. The average molecular weight is 482 g/mol. The lowest BCUT2D eigenvalue weighted by atomic mass is 9.89. The van der Waals surface area contributed by atoms with Gasteiger partial charge in [-0.25, -0.2) is 19.0 Å². The molecule has 0 N–H and O–H groups in total. The molecule has 3 heterocycles. The van der Waals surface area contributed by atoms with Crippen LogP contribution in [0, 0.1) is 12.7 Å². The second-order valence-electron chi connectivity index (χ2n) is 9.96. The van der Waals surface area contributed by atoms with Crippen molar-refractivity contribution >= 4 is 5.91 Å². The first-order chi connectivity index (χ1) is 17.5.